The van der Waals surface area contributed by atoms with Crippen molar-refractivity contribution in [2.24, 2.45) is 0 Å². The summed E-state index contributed by atoms with van der Waals surface area (Å²) in [6.45, 7) is 6.13. The summed E-state index contributed by atoms with van der Waals surface area (Å²) in [5.41, 5.74) is 1.62. The molecule has 0 atom stereocenters. The minimum absolute atomic E-state index is 0.0912. The molecule has 0 radical (unpaired) electrons. The van der Waals surface area contributed by atoms with Gasteiger partial charge in [0.05, 0.1) is 16.4 Å². The van der Waals surface area contributed by atoms with E-state index >= 15 is 0 Å². The van der Waals surface area contributed by atoms with E-state index in [4.69, 9.17) is 11.6 Å². The van der Waals surface area contributed by atoms with E-state index in [0.29, 0.717) is 12.5 Å². The van der Waals surface area contributed by atoms with Crippen LogP contribution in [0.1, 0.15) is 5.69 Å². The quantitative estimate of drug-likeness (QED) is 0.857. The van der Waals surface area contributed by atoms with E-state index in [1.54, 1.807) is 18.2 Å². The molecule has 0 aliphatic carbocycles. The molecule has 2 rings (SSSR count). The summed E-state index contributed by atoms with van der Waals surface area (Å²) in [7, 11) is 0. The Hall–Kier alpha value is -1.81. The third-order valence-corrected chi connectivity index (χ3v) is 2.70. The molecular formula is C13H13ClFN3. The summed E-state index contributed by atoms with van der Waals surface area (Å²) >= 11 is 5.78. The summed E-state index contributed by atoms with van der Waals surface area (Å²) in [6, 6.07) is 4.56. The van der Waals surface area contributed by atoms with E-state index in [0.717, 1.165) is 11.4 Å². The average Bonchev–Trinajstić information content (AvgIpc) is 2.71. The van der Waals surface area contributed by atoms with Gasteiger partial charge >= 0.3 is 0 Å². The molecule has 5 heteroatoms. The van der Waals surface area contributed by atoms with Crippen LogP contribution in [0, 0.1) is 12.7 Å². The molecule has 94 valence electrons. The Labute approximate surface area is 110 Å². The molecular weight excluding hydrogens is 253 g/mol. The number of rotatable bonds is 4. The lowest BCUT2D eigenvalue weighted by atomic mass is 10.3. The SMILES string of the molecule is C=CCNc1nc(C)cn1-c1ccc(F)c(Cl)c1. The zero-order valence-electron chi connectivity index (χ0n) is 9.95. The van der Waals surface area contributed by atoms with Crippen molar-refractivity contribution in [3.63, 3.8) is 0 Å². The Morgan fingerprint density at radius 3 is 3.00 bits per heavy atom. The first kappa shape index (κ1) is 12.6. The molecule has 1 heterocycles. The summed E-state index contributed by atoms with van der Waals surface area (Å²) < 4.78 is 15.0. The highest BCUT2D eigenvalue weighted by Gasteiger charge is 2.08. The topological polar surface area (TPSA) is 29.9 Å². The van der Waals surface area contributed by atoms with Crippen molar-refractivity contribution in [1.82, 2.24) is 9.55 Å². The molecule has 1 aromatic heterocycles. The van der Waals surface area contributed by atoms with Gasteiger partial charge in [0.1, 0.15) is 5.82 Å². The number of aryl methyl sites for hydroxylation is 1. The molecule has 0 bridgehead atoms. The van der Waals surface area contributed by atoms with Gasteiger partial charge in [-0.3, -0.25) is 4.57 Å². The van der Waals surface area contributed by atoms with Crippen molar-refractivity contribution in [1.29, 1.82) is 0 Å². The number of anilines is 1. The van der Waals surface area contributed by atoms with Gasteiger partial charge in [0.25, 0.3) is 0 Å². The van der Waals surface area contributed by atoms with Crippen LogP contribution in [0.25, 0.3) is 5.69 Å². The molecule has 0 aliphatic heterocycles. The third-order valence-electron chi connectivity index (χ3n) is 2.41. The van der Waals surface area contributed by atoms with E-state index in [-0.39, 0.29) is 5.02 Å². The Morgan fingerprint density at radius 2 is 2.33 bits per heavy atom. The predicted molar refractivity (Wildman–Crippen MR) is 72.0 cm³/mol. The fourth-order valence-corrected chi connectivity index (χ4v) is 1.79. The molecule has 2 aromatic rings. The van der Waals surface area contributed by atoms with Crippen molar-refractivity contribution in [3.8, 4) is 5.69 Å². The molecule has 0 saturated carbocycles. The maximum atomic E-state index is 13.1. The molecule has 0 amide bonds. The number of nitrogens with zero attached hydrogens (tertiary/aromatic N) is 2. The summed E-state index contributed by atoms with van der Waals surface area (Å²) in [6.07, 6.45) is 3.60. The number of hydrogen-bond donors (Lipinski definition) is 1. The molecule has 3 nitrogen and oxygen atoms in total. The van der Waals surface area contributed by atoms with Crippen molar-refractivity contribution in [3.05, 3.63) is 53.6 Å². The highest BCUT2D eigenvalue weighted by atomic mass is 35.5. The second-order valence-corrected chi connectivity index (χ2v) is 4.25. The van der Waals surface area contributed by atoms with Crippen LogP contribution in [0.3, 0.4) is 0 Å². The van der Waals surface area contributed by atoms with Gasteiger partial charge < -0.3 is 5.32 Å². The number of benzene rings is 1. The highest BCUT2D eigenvalue weighted by molar-refractivity contribution is 6.30. The van der Waals surface area contributed by atoms with E-state index < -0.39 is 5.82 Å². The van der Waals surface area contributed by atoms with Crippen LogP contribution in [0.15, 0.2) is 37.1 Å². The van der Waals surface area contributed by atoms with Crippen LogP contribution in [0.5, 0.6) is 0 Å². The van der Waals surface area contributed by atoms with Crippen molar-refractivity contribution < 1.29 is 4.39 Å². The smallest absolute Gasteiger partial charge is 0.207 e. The molecule has 1 aromatic carbocycles. The normalized spacial score (nSPS) is 10.4. The van der Waals surface area contributed by atoms with Gasteiger partial charge in [-0.25, -0.2) is 9.37 Å². The van der Waals surface area contributed by atoms with Crippen molar-refractivity contribution in [2.75, 3.05) is 11.9 Å². The molecule has 1 N–H and O–H groups in total. The fraction of sp³-hybridized carbons (Fsp3) is 0.154. The van der Waals surface area contributed by atoms with Crippen LogP contribution in [0.4, 0.5) is 10.3 Å². The van der Waals surface area contributed by atoms with Gasteiger partial charge in [-0.1, -0.05) is 17.7 Å². The van der Waals surface area contributed by atoms with Crippen LogP contribution in [-0.2, 0) is 0 Å². The van der Waals surface area contributed by atoms with E-state index in [1.165, 1.54) is 6.07 Å². The first-order valence-electron chi connectivity index (χ1n) is 5.48. The third kappa shape index (κ3) is 2.54. The van der Waals surface area contributed by atoms with Gasteiger partial charge in [-0.2, -0.15) is 0 Å². The number of imidazole rings is 1. The molecule has 0 aliphatic rings. The van der Waals surface area contributed by atoms with E-state index in [9.17, 15) is 4.39 Å². The van der Waals surface area contributed by atoms with Gasteiger partial charge in [0.15, 0.2) is 0 Å². The summed E-state index contributed by atoms with van der Waals surface area (Å²) in [5, 5.41) is 3.20. The Morgan fingerprint density at radius 1 is 1.56 bits per heavy atom. The monoisotopic (exact) mass is 265 g/mol. The van der Waals surface area contributed by atoms with Crippen LogP contribution in [-0.4, -0.2) is 16.1 Å². The Bertz CT molecular complexity index is 578. The Kier molecular flexibility index (Phi) is 3.67. The molecule has 18 heavy (non-hydrogen) atoms. The molecule has 0 fully saturated rings. The highest BCUT2D eigenvalue weighted by Crippen LogP contribution is 2.22. The first-order valence-corrected chi connectivity index (χ1v) is 5.86. The summed E-state index contributed by atoms with van der Waals surface area (Å²) in [4.78, 5) is 4.34. The lowest BCUT2D eigenvalue weighted by Gasteiger charge is -2.08. The largest absolute Gasteiger partial charge is 0.352 e. The minimum atomic E-state index is -0.433. The fourth-order valence-electron chi connectivity index (χ4n) is 1.62. The summed E-state index contributed by atoms with van der Waals surface area (Å²) in [5.74, 6) is 0.243. The Balaban J connectivity index is 2.42. The maximum Gasteiger partial charge on any atom is 0.207 e. The number of nitrogens with one attached hydrogen (secondary N) is 1. The first-order chi connectivity index (χ1) is 8.61. The number of hydrogen-bond acceptors (Lipinski definition) is 2. The number of halogens is 2. The standard InChI is InChI=1S/C13H13ClFN3/c1-3-6-16-13-17-9(2)8-18(13)10-4-5-12(15)11(14)7-10/h3-5,7-8H,1,6H2,2H3,(H,16,17). The lowest BCUT2D eigenvalue weighted by Crippen LogP contribution is -2.05. The maximum absolute atomic E-state index is 13.1. The zero-order chi connectivity index (χ0) is 13.1. The van der Waals surface area contributed by atoms with Gasteiger partial charge in [-0.15, -0.1) is 6.58 Å². The second kappa shape index (κ2) is 5.23. The molecule has 0 spiro atoms. The van der Waals surface area contributed by atoms with Crippen molar-refractivity contribution in [2.45, 2.75) is 6.92 Å². The molecule has 0 saturated heterocycles. The lowest BCUT2D eigenvalue weighted by molar-refractivity contribution is 0.628. The molecule has 0 unspecified atom stereocenters. The van der Waals surface area contributed by atoms with Crippen molar-refractivity contribution >= 4 is 17.5 Å². The minimum Gasteiger partial charge on any atom is -0.352 e. The van der Waals surface area contributed by atoms with Gasteiger partial charge in [0, 0.05) is 12.7 Å². The second-order valence-electron chi connectivity index (χ2n) is 3.84. The van der Waals surface area contributed by atoms with Crippen LogP contribution >= 0.6 is 11.6 Å². The van der Waals surface area contributed by atoms with Crippen LogP contribution < -0.4 is 5.32 Å². The van der Waals surface area contributed by atoms with Gasteiger partial charge in [0.2, 0.25) is 5.95 Å². The zero-order valence-corrected chi connectivity index (χ0v) is 10.7. The van der Waals surface area contributed by atoms with E-state index in [2.05, 4.69) is 16.9 Å². The van der Waals surface area contributed by atoms with Crippen LogP contribution in [0.2, 0.25) is 5.02 Å². The number of aromatic nitrogens is 2. The van der Waals surface area contributed by atoms with Gasteiger partial charge in [-0.05, 0) is 25.1 Å². The predicted octanol–water partition coefficient (Wildman–Crippen LogP) is 3.57. The average molecular weight is 266 g/mol. The van der Waals surface area contributed by atoms with E-state index in [1.807, 2.05) is 17.7 Å².